The van der Waals surface area contributed by atoms with Gasteiger partial charge in [-0.05, 0) is 5.25 Å². The highest BCUT2D eigenvalue weighted by Gasteiger charge is 2.03. The first-order chi connectivity index (χ1) is 5.16. The smallest absolute Gasteiger partial charge is 0.315 e. The standard InChI is InChI=1S/C7H13BrO2S/c1-6(2)11-5-7(9)10-4-3-8/h6H,3-5H2,1-2H3. The summed E-state index contributed by atoms with van der Waals surface area (Å²) in [6, 6.07) is 0. The highest BCUT2D eigenvalue weighted by molar-refractivity contribution is 9.09. The zero-order chi connectivity index (χ0) is 8.69. The summed E-state index contributed by atoms with van der Waals surface area (Å²) in [6.45, 7) is 4.59. The summed E-state index contributed by atoms with van der Waals surface area (Å²) < 4.78 is 4.83. The highest BCUT2D eigenvalue weighted by atomic mass is 79.9. The van der Waals surface area contributed by atoms with Crippen LogP contribution in [0.1, 0.15) is 13.8 Å². The molecule has 4 heteroatoms. The van der Waals surface area contributed by atoms with Crippen LogP contribution in [0.3, 0.4) is 0 Å². The number of hydrogen-bond donors (Lipinski definition) is 0. The number of halogens is 1. The molecule has 0 aromatic rings. The Kier molecular flexibility index (Phi) is 7.17. The number of rotatable bonds is 5. The van der Waals surface area contributed by atoms with Crippen molar-refractivity contribution in [3.8, 4) is 0 Å². The van der Waals surface area contributed by atoms with Crippen LogP contribution in [0.15, 0.2) is 0 Å². The minimum absolute atomic E-state index is 0.122. The second kappa shape index (κ2) is 6.98. The van der Waals surface area contributed by atoms with E-state index in [2.05, 4.69) is 29.8 Å². The van der Waals surface area contributed by atoms with Gasteiger partial charge in [0.2, 0.25) is 0 Å². The Morgan fingerprint density at radius 1 is 1.64 bits per heavy atom. The molecule has 0 aliphatic carbocycles. The van der Waals surface area contributed by atoms with Crippen molar-refractivity contribution in [3.63, 3.8) is 0 Å². The van der Waals surface area contributed by atoms with Gasteiger partial charge in [-0.1, -0.05) is 29.8 Å². The van der Waals surface area contributed by atoms with Crippen LogP contribution in [0.2, 0.25) is 0 Å². The second-order valence-corrected chi connectivity index (χ2v) is 4.63. The van der Waals surface area contributed by atoms with Crippen LogP contribution >= 0.6 is 27.7 Å². The first-order valence-electron chi connectivity index (χ1n) is 3.50. The first-order valence-corrected chi connectivity index (χ1v) is 5.67. The lowest BCUT2D eigenvalue weighted by Crippen LogP contribution is -2.10. The van der Waals surface area contributed by atoms with E-state index in [1.54, 1.807) is 11.8 Å². The Bertz CT molecular complexity index is 117. The fourth-order valence-electron chi connectivity index (χ4n) is 0.429. The van der Waals surface area contributed by atoms with E-state index >= 15 is 0 Å². The lowest BCUT2D eigenvalue weighted by atomic mass is 10.6. The largest absolute Gasteiger partial charge is 0.464 e. The third-order valence-electron chi connectivity index (χ3n) is 0.875. The van der Waals surface area contributed by atoms with Crippen LogP contribution < -0.4 is 0 Å². The minimum atomic E-state index is -0.122. The molecule has 0 saturated carbocycles. The SMILES string of the molecule is CC(C)SCC(=O)OCCBr. The van der Waals surface area contributed by atoms with E-state index in [9.17, 15) is 4.79 Å². The molecule has 0 spiro atoms. The Hall–Kier alpha value is 0.300. The number of carbonyl (C=O) groups excluding carboxylic acids is 1. The van der Waals surface area contributed by atoms with Gasteiger partial charge in [-0.2, -0.15) is 0 Å². The summed E-state index contributed by atoms with van der Waals surface area (Å²) in [7, 11) is 0. The molecule has 0 fully saturated rings. The molecule has 0 saturated heterocycles. The van der Waals surface area contributed by atoms with Crippen molar-refractivity contribution in [2.75, 3.05) is 17.7 Å². The van der Waals surface area contributed by atoms with Crippen LogP contribution in [0.5, 0.6) is 0 Å². The molecule has 0 aliphatic heterocycles. The molecule has 0 atom stereocenters. The van der Waals surface area contributed by atoms with E-state index in [1.165, 1.54) is 0 Å². The highest BCUT2D eigenvalue weighted by Crippen LogP contribution is 2.08. The van der Waals surface area contributed by atoms with Gasteiger partial charge in [0.15, 0.2) is 0 Å². The van der Waals surface area contributed by atoms with E-state index in [4.69, 9.17) is 4.74 Å². The molecule has 0 unspecified atom stereocenters. The third kappa shape index (κ3) is 8.20. The molecule has 2 nitrogen and oxygen atoms in total. The molecule has 0 aliphatic rings. The van der Waals surface area contributed by atoms with Crippen LogP contribution in [0.25, 0.3) is 0 Å². The van der Waals surface area contributed by atoms with Gasteiger partial charge in [0, 0.05) is 5.33 Å². The summed E-state index contributed by atoms with van der Waals surface area (Å²) in [6.07, 6.45) is 0. The lowest BCUT2D eigenvalue weighted by molar-refractivity contribution is -0.139. The summed E-state index contributed by atoms with van der Waals surface area (Å²) in [5.74, 6) is 0.341. The third-order valence-corrected chi connectivity index (χ3v) is 2.27. The van der Waals surface area contributed by atoms with Gasteiger partial charge in [0.25, 0.3) is 0 Å². The van der Waals surface area contributed by atoms with Crippen molar-refractivity contribution in [2.45, 2.75) is 19.1 Å². The van der Waals surface area contributed by atoms with E-state index < -0.39 is 0 Å². The topological polar surface area (TPSA) is 26.3 Å². The fourth-order valence-corrected chi connectivity index (χ4v) is 1.14. The van der Waals surface area contributed by atoms with Crippen molar-refractivity contribution >= 4 is 33.7 Å². The molecule has 0 bridgehead atoms. The molecule has 0 heterocycles. The van der Waals surface area contributed by atoms with E-state index in [0.29, 0.717) is 22.9 Å². The molecular weight excluding hydrogens is 228 g/mol. The maximum Gasteiger partial charge on any atom is 0.315 e. The fraction of sp³-hybridized carbons (Fsp3) is 0.857. The number of esters is 1. The Balaban J connectivity index is 3.23. The molecule has 0 amide bonds. The molecule has 66 valence electrons. The zero-order valence-electron chi connectivity index (χ0n) is 6.80. The van der Waals surface area contributed by atoms with Crippen LogP contribution in [-0.4, -0.2) is 28.9 Å². The van der Waals surface area contributed by atoms with Crippen molar-refractivity contribution in [3.05, 3.63) is 0 Å². The van der Waals surface area contributed by atoms with Gasteiger partial charge in [-0.3, -0.25) is 4.79 Å². The Morgan fingerprint density at radius 2 is 2.27 bits per heavy atom. The summed E-state index contributed by atoms with van der Waals surface area (Å²) in [4.78, 5) is 10.8. The van der Waals surface area contributed by atoms with Gasteiger partial charge < -0.3 is 4.74 Å². The monoisotopic (exact) mass is 240 g/mol. The number of ether oxygens (including phenoxy) is 1. The number of carbonyl (C=O) groups is 1. The van der Waals surface area contributed by atoms with Gasteiger partial charge in [-0.25, -0.2) is 0 Å². The molecular formula is C7H13BrO2S. The molecule has 0 radical (unpaired) electrons. The predicted octanol–water partition coefficient (Wildman–Crippen LogP) is 2.07. The lowest BCUT2D eigenvalue weighted by Gasteiger charge is -2.04. The quantitative estimate of drug-likeness (QED) is 0.544. The van der Waals surface area contributed by atoms with Crippen molar-refractivity contribution in [2.24, 2.45) is 0 Å². The van der Waals surface area contributed by atoms with Crippen molar-refractivity contribution < 1.29 is 9.53 Å². The van der Waals surface area contributed by atoms with Gasteiger partial charge in [0.1, 0.15) is 6.61 Å². The molecule has 0 aromatic carbocycles. The minimum Gasteiger partial charge on any atom is -0.464 e. The van der Waals surface area contributed by atoms with Gasteiger partial charge >= 0.3 is 5.97 Å². The maximum atomic E-state index is 10.8. The normalized spacial score (nSPS) is 10.2. The molecule has 11 heavy (non-hydrogen) atoms. The average Bonchev–Trinajstić information content (AvgIpc) is 1.97. The van der Waals surface area contributed by atoms with Crippen LogP contribution in [0, 0.1) is 0 Å². The number of hydrogen-bond acceptors (Lipinski definition) is 3. The van der Waals surface area contributed by atoms with Crippen molar-refractivity contribution in [1.82, 2.24) is 0 Å². The molecule has 0 aromatic heterocycles. The van der Waals surface area contributed by atoms with Crippen LogP contribution in [-0.2, 0) is 9.53 Å². The van der Waals surface area contributed by atoms with Crippen molar-refractivity contribution in [1.29, 1.82) is 0 Å². The second-order valence-electron chi connectivity index (χ2n) is 2.27. The van der Waals surface area contributed by atoms with Gasteiger partial charge in [0.05, 0.1) is 5.75 Å². The maximum absolute atomic E-state index is 10.8. The molecule has 0 rings (SSSR count). The van der Waals surface area contributed by atoms with Crippen LogP contribution in [0.4, 0.5) is 0 Å². The summed E-state index contributed by atoms with van der Waals surface area (Å²) >= 11 is 4.77. The predicted molar refractivity (Wildman–Crippen MR) is 52.3 cm³/mol. The summed E-state index contributed by atoms with van der Waals surface area (Å²) in [5, 5.41) is 1.21. The Labute approximate surface area is 80.2 Å². The zero-order valence-corrected chi connectivity index (χ0v) is 9.20. The van der Waals surface area contributed by atoms with E-state index in [-0.39, 0.29) is 5.97 Å². The number of thioether (sulfide) groups is 1. The number of alkyl halides is 1. The first kappa shape index (κ1) is 11.3. The Morgan fingerprint density at radius 3 is 2.73 bits per heavy atom. The average molecular weight is 241 g/mol. The van der Waals surface area contributed by atoms with E-state index in [1.807, 2.05) is 0 Å². The molecule has 0 N–H and O–H groups in total. The summed E-state index contributed by atoms with van der Waals surface area (Å²) in [5.41, 5.74) is 0. The van der Waals surface area contributed by atoms with Gasteiger partial charge in [-0.15, -0.1) is 11.8 Å². The van der Waals surface area contributed by atoms with E-state index in [0.717, 1.165) is 0 Å².